The number of nitrogens with one attached hydrogen (secondary N) is 1. The van der Waals surface area contributed by atoms with Gasteiger partial charge in [0.15, 0.2) is 0 Å². The fraction of sp³-hybridized carbons (Fsp3) is 0. The molecular weight excluding hydrogens is 318 g/mol. The van der Waals surface area contributed by atoms with Crippen molar-refractivity contribution in [3.8, 4) is 0 Å². The first kappa shape index (κ1) is 11.6. The van der Waals surface area contributed by atoms with Gasteiger partial charge in [-0.1, -0.05) is 29.8 Å². The van der Waals surface area contributed by atoms with Crippen LogP contribution in [0.25, 0.3) is 21.8 Å². The van der Waals surface area contributed by atoms with Gasteiger partial charge in [0.05, 0.1) is 16.1 Å². The van der Waals surface area contributed by atoms with Gasteiger partial charge in [-0.15, -0.1) is 0 Å². The van der Waals surface area contributed by atoms with Crippen molar-refractivity contribution in [2.24, 2.45) is 0 Å². The van der Waals surface area contributed by atoms with Gasteiger partial charge < -0.3 is 10.1 Å². The highest BCUT2D eigenvalue weighted by Crippen LogP contribution is 2.38. The molecule has 3 nitrogen and oxygen atoms in total. The minimum Gasteiger partial charge on any atom is -0.478 e. The molecule has 0 bridgehead atoms. The van der Waals surface area contributed by atoms with Crippen LogP contribution >= 0.6 is 27.5 Å². The summed E-state index contributed by atoms with van der Waals surface area (Å²) in [4.78, 5) is 14.4. The summed E-state index contributed by atoms with van der Waals surface area (Å²) in [5.41, 5.74) is 1.65. The second-order valence-electron chi connectivity index (χ2n) is 3.95. The van der Waals surface area contributed by atoms with Gasteiger partial charge in [0, 0.05) is 20.8 Å². The van der Waals surface area contributed by atoms with Crippen LogP contribution in [0.3, 0.4) is 0 Å². The fourth-order valence-corrected chi connectivity index (χ4v) is 2.85. The molecule has 90 valence electrons. The lowest BCUT2D eigenvalue weighted by Gasteiger charge is -2.03. The molecule has 2 aromatic carbocycles. The maximum absolute atomic E-state index is 11.3. The summed E-state index contributed by atoms with van der Waals surface area (Å²) >= 11 is 9.49. The second kappa shape index (κ2) is 4.00. The van der Waals surface area contributed by atoms with E-state index in [2.05, 4.69) is 20.9 Å². The van der Waals surface area contributed by atoms with E-state index >= 15 is 0 Å². The van der Waals surface area contributed by atoms with Gasteiger partial charge in [0.1, 0.15) is 0 Å². The zero-order chi connectivity index (χ0) is 12.9. The Morgan fingerprint density at radius 1 is 1.33 bits per heavy atom. The van der Waals surface area contributed by atoms with Crippen LogP contribution in [0.15, 0.2) is 34.8 Å². The summed E-state index contributed by atoms with van der Waals surface area (Å²) < 4.78 is 0.710. The molecule has 18 heavy (non-hydrogen) atoms. The van der Waals surface area contributed by atoms with E-state index in [0.29, 0.717) is 15.0 Å². The van der Waals surface area contributed by atoms with Crippen molar-refractivity contribution in [3.05, 3.63) is 45.4 Å². The number of aromatic nitrogens is 1. The molecule has 0 atom stereocenters. The van der Waals surface area contributed by atoms with Crippen molar-refractivity contribution in [3.63, 3.8) is 0 Å². The van der Waals surface area contributed by atoms with Crippen LogP contribution in [-0.4, -0.2) is 16.1 Å². The summed E-state index contributed by atoms with van der Waals surface area (Å²) in [6.45, 7) is 0. The zero-order valence-electron chi connectivity index (χ0n) is 9.00. The molecule has 0 unspecified atom stereocenters. The van der Waals surface area contributed by atoms with E-state index in [-0.39, 0.29) is 5.56 Å². The summed E-state index contributed by atoms with van der Waals surface area (Å²) in [5.74, 6) is -0.999. The first-order chi connectivity index (χ1) is 8.59. The molecule has 5 heteroatoms. The molecule has 3 aromatic rings. The molecule has 0 spiro atoms. The van der Waals surface area contributed by atoms with Crippen molar-refractivity contribution in [1.82, 2.24) is 4.98 Å². The van der Waals surface area contributed by atoms with Crippen LogP contribution in [0.1, 0.15) is 10.4 Å². The molecule has 3 rings (SSSR count). The van der Waals surface area contributed by atoms with Gasteiger partial charge in [-0.05, 0) is 28.1 Å². The first-order valence-electron chi connectivity index (χ1n) is 5.21. The summed E-state index contributed by atoms with van der Waals surface area (Å²) in [5, 5.41) is 11.4. The summed E-state index contributed by atoms with van der Waals surface area (Å²) in [6.07, 6.45) is 0. The van der Waals surface area contributed by atoms with E-state index in [0.717, 1.165) is 16.3 Å². The third kappa shape index (κ3) is 1.53. The summed E-state index contributed by atoms with van der Waals surface area (Å²) in [7, 11) is 0. The highest BCUT2D eigenvalue weighted by atomic mass is 79.9. The number of carbonyl (C=O) groups is 1. The Morgan fingerprint density at radius 3 is 2.78 bits per heavy atom. The second-order valence-corrected chi connectivity index (χ2v) is 5.15. The van der Waals surface area contributed by atoms with Gasteiger partial charge in [0.25, 0.3) is 0 Å². The molecule has 0 saturated carbocycles. The lowest BCUT2D eigenvalue weighted by atomic mass is 10.1. The van der Waals surface area contributed by atoms with Gasteiger partial charge in [-0.2, -0.15) is 0 Å². The highest BCUT2D eigenvalue weighted by Gasteiger charge is 2.17. The van der Waals surface area contributed by atoms with Gasteiger partial charge in [-0.3, -0.25) is 0 Å². The van der Waals surface area contributed by atoms with Crippen LogP contribution < -0.4 is 0 Å². The number of rotatable bonds is 1. The molecule has 0 fully saturated rings. The predicted molar refractivity (Wildman–Crippen MR) is 75.5 cm³/mol. The molecule has 0 amide bonds. The average molecular weight is 325 g/mol. The molecule has 0 saturated heterocycles. The van der Waals surface area contributed by atoms with Crippen molar-refractivity contribution in [2.75, 3.05) is 0 Å². The third-order valence-corrected chi connectivity index (χ3v) is 4.26. The molecular formula is C13H7BrClNO2. The van der Waals surface area contributed by atoms with Crippen LogP contribution in [0, 0.1) is 0 Å². The maximum Gasteiger partial charge on any atom is 0.337 e. The number of aromatic carboxylic acids is 1. The number of halogens is 2. The molecule has 0 radical (unpaired) electrons. The van der Waals surface area contributed by atoms with Crippen molar-refractivity contribution in [2.45, 2.75) is 0 Å². The number of hydrogen-bond acceptors (Lipinski definition) is 1. The normalized spacial score (nSPS) is 11.2. The van der Waals surface area contributed by atoms with Gasteiger partial charge in [-0.25, -0.2) is 4.79 Å². The van der Waals surface area contributed by atoms with Crippen molar-refractivity contribution in [1.29, 1.82) is 0 Å². The summed E-state index contributed by atoms with van der Waals surface area (Å²) in [6, 6.07) is 9.09. The number of carboxylic acid groups (broad SMARTS) is 1. The quantitative estimate of drug-likeness (QED) is 0.695. The largest absolute Gasteiger partial charge is 0.478 e. The minimum absolute atomic E-state index is 0.175. The number of carboxylic acids is 1. The Kier molecular flexibility index (Phi) is 2.57. The minimum atomic E-state index is -0.999. The topological polar surface area (TPSA) is 53.1 Å². The van der Waals surface area contributed by atoms with Crippen LogP contribution in [0.4, 0.5) is 0 Å². The number of hydrogen-bond donors (Lipinski definition) is 2. The van der Waals surface area contributed by atoms with E-state index < -0.39 is 5.97 Å². The smallest absolute Gasteiger partial charge is 0.337 e. The molecule has 1 heterocycles. The van der Waals surface area contributed by atoms with Crippen LogP contribution in [-0.2, 0) is 0 Å². The molecule has 2 N–H and O–H groups in total. The van der Waals surface area contributed by atoms with E-state index in [4.69, 9.17) is 11.6 Å². The zero-order valence-corrected chi connectivity index (χ0v) is 11.3. The van der Waals surface area contributed by atoms with E-state index in [1.807, 2.05) is 24.3 Å². The van der Waals surface area contributed by atoms with E-state index in [1.54, 1.807) is 0 Å². The number of H-pyrrole nitrogens is 1. The fourth-order valence-electron chi connectivity index (χ4n) is 2.12. The molecule has 0 aliphatic carbocycles. The Hall–Kier alpha value is -1.52. The SMILES string of the molecule is O=C(O)c1cc(Cl)c(Br)c2c1[nH]c1ccccc12. The Labute approximate surface area is 115 Å². The van der Waals surface area contributed by atoms with Crippen LogP contribution in [0.2, 0.25) is 5.02 Å². The highest BCUT2D eigenvalue weighted by molar-refractivity contribution is 9.10. The first-order valence-corrected chi connectivity index (χ1v) is 6.38. The van der Waals surface area contributed by atoms with Gasteiger partial charge >= 0.3 is 5.97 Å². The number of fused-ring (bicyclic) bond motifs is 3. The molecule has 0 aliphatic heterocycles. The number of aromatic amines is 1. The van der Waals surface area contributed by atoms with E-state index in [1.165, 1.54) is 6.07 Å². The Bertz CT molecular complexity index is 794. The predicted octanol–water partition coefficient (Wildman–Crippen LogP) is 4.44. The number of benzene rings is 2. The maximum atomic E-state index is 11.3. The van der Waals surface area contributed by atoms with Gasteiger partial charge in [0.2, 0.25) is 0 Å². The van der Waals surface area contributed by atoms with Crippen molar-refractivity contribution < 1.29 is 9.90 Å². The molecule has 1 aromatic heterocycles. The molecule has 0 aliphatic rings. The Balaban J connectivity index is 2.61. The standard InChI is InChI=1S/C13H7BrClNO2/c14-11-8(15)5-7(13(17)18)12-10(11)6-3-1-2-4-9(6)16-12/h1-5,16H,(H,17,18). The Morgan fingerprint density at radius 2 is 2.06 bits per heavy atom. The monoisotopic (exact) mass is 323 g/mol. The third-order valence-electron chi connectivity index (χ3n) is 2.91. The lowest BCUT2D eigenvalue weighted by molar-refractivity contribution is 0.0699. The van der Waals surface area contributed by atoms with E-state index in [9.17, 15) is 9.90 Å². The van der Waals surface area contributed by atoms with Crippen molar-refractivity contribution >= 4 is 55.3 Å². The lowest BCUT2D eigenvalue weighted by Crippen LogP contribution is -1.97. The average Bonchev–Trinajstić information content (AvgIpc) is 2.72. The number of para-hydroxylation sites is 1. The van der Waals surface area contributed by atoms with Crippen LogP contribution in [0.5, 0.6) is 0 Å².